The Bertz CT molecular complexity index is 1900. The van der Waals surface area contributed by atoms with E-state index in [2.05, 4.69) is 119 Å². The molecule has 3 aliphatic rings. The van der Waals surface area contributed by atoms with Crippen molar-refractivity contribution in [3.63, 3.8) is 0 Å². The van der Waals surface area contributed by atoms with Crippen molar-refractivity contribution in [2.45, 2.75) is 60.3 Å². The highest BCUT2D eigenvalue weighted by Gasteiger charge is 2.47. The second-order valence-electron chi connectivity index (χ2n) is 13.0. The summed E-state index contributed by atoms with van der Waals surface area (Å²) in [7, 11) is 0. The number of hydrogen-bond donors (Lipinski definition) is 0. The van der Waals surface area contributed by atoms with Crippen molar-refractivity contribution in [2.75, 3.05) is 6.61 Å². The molecule has 0 saturated carbocycles. The minimum Gasteiger partial charge on any atom is -0.489 e. The molecular formula is C39H36O2S2. The normalized spacial score (nSPS) is 20.7. The summed E-state index contributed by atoms with van der Waals surface area (Å²) in [6.07, 6.45) is 6.23. The van der Waals surface area contributed by atoms with Crippen molar-refractivity contribution in [3.05, 3.63) is 130 Å². The maximum atomic E-state index is 6.54. The highest BCUT2D eigenvalue weighted by Crippen LogP contribution is 2.63. The Balaban J connectivity index is 1.43. The standard InChI is InChI=1S/C39H36O2S2/c1-23(2)32-27-11-5-8-14-31(27)43-38(29-18-17-24-10-9-20-40-37(24)34(29)32)39(3,4)35-28-12-6-7-13-30(28)42-22-26-16-15-25-19-21-41-36(25)33(26)35/h5-19,21,23,32,35,38H,20,22H2,1-4H3. The molecular weight excluding hydrogens is 565 g/mol. The number of furan rings is 1. The van der Waals surface area contributed by atoms with Crippen molar-refractivity contribution < 1.29 is 9.15 Å². The van der Waals surface area contributed by atoms with Gasteiger partial charge in [0.05, 0.1) is 6.26 Å². The average Bonchev–Trinajstić information content (AvgIpc) is 3.35. The van der Waals surface area contributed by atoms with E-state index in [1.165, 1.54) is 54.1 Å². The predicted molar refractivity (Wildman–Crippen MR) is 181 cm³/mol. The predicted octanol–water partition coefficient (Wildman–Crippen LogP) is 11.2. The molecule has 3 unspecified atom stereocenters. The van der Waals surface area contributed by atoms with Crippen molar-refractivity contribution in [2.24, 2.45) is 11.3 Å². The Morgan fingerprint density at radius 2 is 1.60 bits per heavy atom. The lowest BCUT2D eigenvalue weighted by atomic mass is 9.65. The molecule has 0 aliphatic carbocycles. The van der Waals surface area contributed by atoms with Crippen LogP contribution in [0, 0.1) is 11.3 Å². The third kappa shape index (κ3) is 4.24. The summed E-state index contributed by atoms with van der Waals surface area (Å²) in [5.74, 6) is 2.82. The molecule has 1 aromatic heterocycles. The van der Waals surface area contributed by atoms with Crippen LogP contribution in [0.4, 0.5) is 0 Å². The van der Waals surface area contributed by atoms with Gasteiger partial charge in [-0.3, -0.25) is 0 Å². The van der Waals surface area contributed by atoms with Crippen molar-refractivity contribution >= 4 is 40.6 Å². The summed E-state index contributed by atoms with van der Waals surface area (Å²) in [6.45, 7) is 10.3. The quantitative estimate of drug-likeness (QED) is 0.205. The molecule has 0 spiro atoms. The zero-order chi connectivity index (χ0) is 29.3. The molecule has 0 saturated heterocycles. The Labute approximate surface area is 262 Å². The van der Waals surface area contributed by atoms with Crippen LogP contribution in [0.3, 0.4) is 0 Å². The van der Waals surface area contributed by atoms with Crippen LogP contribution in [-0.2, 0) is 5.75 Å². The lowest BCUT2D eigenvalue weighted by Crippen LogP contribution is -2.30. The fourth-order valence-electron chi connectivity index (χ4n) is 7.84. The van der Waals surface area contributed by atoms with Gasteiger partial charge in [-0.2, -0.15) is 0 Å². The van der Waals surface area contributed by atoms with Gasteiger partial charge in [0, 0.05) is 54.7 Å². The zero-order valence-corrected chi connectivity index (χ0v) is 26.7. The number of thioether (sulfide) groups is 2. The average molecular weight is 601 g/mol. The molecule has 3 atom stereocenters. The third-order valence-electron chi connectivity index (χ3n) is 9.71. The van der Waals surface area contributed by atoms with Gasteiger partial charge in [-0.05, 0) is 57.9 Å². The van der Waals surface area contributed by atoms with Crippen LogP contribution in [0.15, 0.2) is 105 Å². The van der Waals surface area contributed by atoms with E-state index in [0.717, 1.165) is 17.1 Å². The van der Waals surface area contributed by atoms with Crippen LogP contribution in [0.25, 0.3) is 17.0 Å². The lowest BCUT2D eigenvalue weighted by Gasteiger charge is -2.43. The molecule has 5 aromatic rings. The first-order chi connectivity index (χ1) is 20.9. The molecule has 2 nitrogen and oxygen atoms in total. The van der Waals surface area contributed by atoms with E-state index in [4.69, 9.17) is 9.15 Å². The van der Waals surface area contributed by atoms with Crippen LogP contribution < -0.4 is 4.74 Å². The van der Waals surface area contributed by atoms with Crippen LogP contribution in [0.5, 0.6) is 5.75 Å². The fourth-order valence-corrected chi connectivity index (χ4v) is 10.4. The van der Waals surface area contributed by atoms with Crippen molar-refractivity contribution in [3.8, 4) is 5.75 Å². The van der Waals surface area contributed by atoms with Gasteiger partial charge in [0.25, 0.3) is 0 Å². The van der Waals surface area contributed by atoms with E-state index in [0.29, 0.717) is 12.5 Å². The smallest absolute Gasteiger partial charge is 0.137 e. The maximum Gasteiger partial charge on any atom is 0.137 e. The topological polar surface area (TPSA) is 22.4 Å². The summed E-state index contributed by atoms with van der Waals surface area (Å²) in [5.41, 5.74) is 10.3. The van der Waals surface area contributed by atoms with Gasteiger partial charge in [-0.25, -0.2) is 0 Å². The van der Waals surface area contributed by atoms with Crippen LogP contribution in [-0.4, -0.2) is 6.61 Å². The van der Waals surface area contributed by atoms with Crippen LogP contribution >= 0.6 is 23.5 Å². The van der Waals surface area contributed by atoms with Gasteiger partial charge in [-0.15, -0.1) is 23.5 Å². The number of hydrogen-bond acceptors (Lipinski definition) is 4. The third-order valence-corrected chi connectivity index (χ3v) is 12.6. The summed E-state index contributed by atoms with van der Waals surface area (Å²) in [6, 6.07) is 29.6. The van der Waals surface area contributed by atoms with E-state index in [-0.39, 0.29) is 22.5 Å². The first-order valence-corrected chi connectivity index (χ1v) is 17.2. The molecule has 0 radical (unpaired) electrons. The lowest BCUT2D eigenvalue weighted by molar-refractivity contribution is 0.301. The minimum atomic E-state index is -0.200. The highest BCUT2D eigenvalue weighted by molar-refractivity contribution is 7.99. The Morgan fingerprint density at radius 3 is 2.44 bits per heavy atom. The zero-order valence-electron chi connectivity index (χ0n) is 25.1. The van der Waals surface area contributed by atoms with Gasteiger partial charge in [0.1, 0.15) is 17.9 Å². The Morgan fingerprint density at radius 1 is 0.814 bits per heavy atom. The first kappa shape index (κ1) is 27.2. The molecule has 4 heteroatoms. The molecule has 0 amide bonds. The number of ether oxygens (including phenoxy) is 1. The Kier molecular flexibility index (Phi) is 6.58. The summed E-state index contributed by atoms with van der Waals surface area (Å²) < 4.78 is 12.9. The number of fused-ring (bicyclic) bond motifs is 8. The van der Waals surface area contributed by atoms with Crippen LogP contribution in [0.2, 0.25) is 0 Å². The van der Waals surface area contributed by atoms with E-state index >= 15 is 0 Å². The maximum absolute atomic E-state index is 6.54. The molecule has 216 valence electrons. The van der Waals surface area contributed by atoms with Crippen LogP contribution in [0.1, 0.15) is 83.7 Å². The van der Waals surface area contributed by atoms with Gasteiger partial charge in [0.2, 0.25) is 0 Å². The highest BCUT2D eigenvalue weighted by atomic mass is 32.2. The molecule has 4 aromatic carbocycles. The van der Waals surface area contributed by atoms with Gasteiger partial charge >= 0.3 is 0 Å². The minimum absolute atomic E-state index is 0.133. The summed E-state index contributed by atoms with van der Waals surface area (Å²) in [5, 5.41) is 1.35. The molecule has 43 heavy (non-hydrogen) atoms. The molecule has 4 heterocycles. The second-order valence-corrected chi connectivity index (χ2v) is 15.2. The van der Waals surface area contributed by atoms with Gasteiger partial charge in [0.15, 0.2) is 0 Å². The molecule has 0 N–H and O–H groups in total. The monoisotopic (exact) mass is 600 g/mol. The number of rotatable bonds is 3. The van der Waals surface area contributed by atoms with E-state index in [1.807, 2.05) is 29.8 Å². The summed E-state index contributed by atoms with van der Waals surface area (Å²) in [4.78, 5) is 2.75. The molecule has 3 aliphatic heterocycles. The first-order valence-electron chi connectivity index (χ1n) is 15.4. The van der Waals surface area contributed by atoms with Crippen molar-refractivity contribution in [1.82, 2.24) is 0 Å². The van der Waals surface area contributed by atoms with E-state index < -0.39 is 0 Å². The Hall–Kier alpha value is -3.34. The number of benzene rings is 4. The summed E-state index contributed by atoms with van der Waals surface area (Å²) >= 11 is 4.00. The van der Waals surface area contributed by atoms with E-state index in [9.17, 15) is 0 Å². The SMILES string of the molecule is CC(C)C1c2ccccc2SC(C(C)(C)C2c3ccccc3SCc3ccc4ccoc4c32)c2ccc3c(c21)OCC=C3. The van der Waals surface area contributed by atoms with Gasteiger partial charge < -0.3 is 9.15 Å². The molecule has 0 bridgehead atoms. The second kappa shape index (κ2) is 10.4. The molecule has 8 rings (SSSR count). The largest absolute Gasteiger partial charge is 0.489 e. The van der Waals surface area contributed by atoms with E-state index in [1.54, 1.807) is 0 Å². The van der Waals surface area contributed by atoms with Gasteiger partial charge in [-0.1, -0.05) is 94.4 Å². The molecule has 0 fully saturated rings. The fraction of sp³-hybridized carbons (Fsp3) is 0.282. The van der Waals surface area contributed by atoms with Crippen molar-refractivity contribution in [1.29, 1.82) is 0 Å².